The first-order valence-corrected chi connectivity index (χ1v) is 5.78. The van der Waals surface area contributed by atoms with Gasteiger partial charge in [-0.2, -0.15) is 5.06 Å². The summed E-state index contributed by atoms with van der Waals surface area (Å²) < 4.78 is 0. The molecule has 1 atom stereocenters. The van der Waals surface area contributed by atoms with Crippen LogP contribution in [0, 0.1) is 5.92 Å². The van der Waals surface area contributed by atoms with Crippen molar-refractivity contribution in [2.45, 2.75) is 25.7 Å². The molecule has 1 N–H and O–H groups in total. The topological polar surface area (TPSA) is 57.6 Å². The van der Waals surface area contributed by atoms with Crippen molar-refractivity contribution in [1.82, 2.24) is 5.06 Å². The molecule has 1 heterocycles. The maximum absolute atomic E-state index is 11.4. The van der Waals surface area contributed by atoms with Crippen molar-refractivity contribution in [3.05, 3.63) is 35.9 Å². The van der Waals surface area contributed by atoms with E-state index in [4.69, 9.17) is 5.21 Å². The molecular weight excluding hydrogens is 218 g/mol. The summed E-state index contributed by atoms with van der Waals surface area (Å²) in [5.41, 5.74) is 1.23. The summed E-state index contributed by atoms with van der Waals surface area (Å²) in [6, 6.07) is 10.0. The Kier molecular flexibility index (Phi) is 3.54. The predicted molar refractivity (Wildman–Crippen MR) is 61.1 cm³/mol. The largest absolute Gasteiger partial charge is 0.279 e. The van der Waals surface area contributed by atoms with Crippen molar-refractivity contribution in [1.29, 1.82) is 0 Å². The van der Waals surface area contributed by atoms with Crippen LogP contribution < -0.4 is 0 Å². The Balaban J connectivity index is 1.80. The first-order valence-electron chi connectivity index (χ1n) is 5.78. The summed E-state index contributed by atoms with van der Waals surface area (Å²) in [5, 5.41) is 9.34. The van der Waals surface area contributed by atoms with E-state index in [0.29, 0.717) is 6.42 Å². The van der Waals surface area contributed by atoms with Crippen molar-refractivity contribution in [3.63, 3.8) is 0 Å². The van der Waals surface area contributed by atoms with Crippen LogP contribution >= 0.6 is 0 Å². The molecule has 1 aromatic rings. The lowest BCUT2D eigenvalue weighted by molar-refractivity contribution is -0.172. The highest BCUT2D eigenvalue weighted by atomic mass is 16.5. The third-order valence-corrected chi connectivity index (χ3v) is 3.08. The van der Waals surface area contributed by atoms with Gasteiger partial charge in [0.1, 0.15) is 0 Å². The van der Waals surface area contributed by atoms with E-state index >= 15 is 0 Å². The summed E-state index contributed by atoms with van der Waals surface area (Å²) in [4.78, 5) is 22.5. The number of hydrogen-bond donors (Lipinski definition) is 1. The van der Waals surface area contributed by atoms with Crippen LogP contribution in [0.5, 0.6) is 0 Å². The second-order valence-electron chi connectivity index (χ2n) is 4.32. The third kappa shape index (κ3) is 2.71. The molecule has 90 valence electrons. The number of carbonyl (C=O) groups excluding carboxylic acids is 2. The van der Waals surface area contributed by atoms with Gasteiger partial charge in [-0.1, -0.05) is 30.3 Å². The highest BCUT2D eigenvalue weighted by Gasteiger charge is 2.37. The molecule has 0 radical (unpaired) electrons. The second kappa shape index (κ2) is 5.10. The Labute approximate surface area is 99.8 Å². The second-order valence-corrected chi connectivity index (χ2v) is 4.32. The predicted octanol–water partition coefficient (Wildman–Crippen LogP) is 1.77. The van der Waals surface area contributed by atoms with Gasteiger partial charge in [0.15, 0.2) is 0 Å². The summed E-state index contributed by atoms with van der Waals surface area (Å²) >= 11 is 0. The minimum Gasteiger partial charge on any atom is -0.279 e. The van der Waals surface area contributed by atoms with Crippen molar-refractivity contribution in [2.24, 2.45) is 5.92 Å². The third-order valence-electron chi connectivity index (χ3n) is 3.08. The number of nitrogens with zero attached hydrogens (tertiary/aromatic N) is 1. The van der Waals surface area contributed by atoms with E-state index in [1.54, 1.807) is 0 Å². The molecule has 4 heteroatoms. The average molecular weight is 233 g/mol. The highest BCUT2D eigenvalue weighted by molar-refractivity contribution is 6.02. The van der Waals surface area contributed by atoms with Gasteiger partial charge in [-0.3, -0.25) is 14.8 Å². The van der Waals surface area contributed by atoms with Crippen molar-refractivity contribution in [2.75, 3.05) is 0 Å². The summed E-state index contributed by atoms with van der Waals surface area (Å²) in [7, 11) is 0. The molecule has 17 heavy (non-hydrogen) atoms. The molecule has 1 aliphatic rings. The Hall–Kier alpha value is -1.68. The van der Waals surface area contributed by atoms with Crippen molar-refractivity contribution >= 4 is 11.8 Å². The number of amides is 2. The van der Waals surface area contributed by atoms with Crippen LogP contribution in [0.4, 0.5) is 0 Å². The Morgan fingerprint density at radius 1 is 1.24 bits per heavy atom. The van der Waals surface area contributed by atoms with E-state index in [1.165, 1.54) is 5.56 Å². The highest BCUT2D eigenvalue weighted by Crippen LogP contribution is 2.23. The summed E-state index contributed by atoms with van der Waals surface area (Å²) in [6.07, 6.45) is 2.53. The molecule has 1 aromatic carbocycles. The van der Waals surface area contributed by atoms with Gasteiger partial charge in [-0.15, -0.1) is 0 Å². The van der Waals surface area contributed by atoms with Crippen molar-refractivity contribution in [3.8, 4) is 0 Å². The fourth-order valence-electron chi connectivity index (χ4n) is 2.10. The minimum atomic E-state index is -0.486. The number of carbonyl (C=O) groups is 2. The zero-order valence-corrected chi connectivity index (χ0v) is 9.50. The summed E-state index contributed by atoms with van der Waals surface area (Å²) in [6.45, 7) is 0. The quantitative estimate of drug-likeness (QED) is 0.637. The molecule has 2 rings (SSSR count). The Bertz CT molecular complexity index is 416. The molecule has 0 aliphatic carbocycles. The molecule has 1 fully saturated rings. The van der Waals surface area contributed by atoms with Crippen LogP contribution in [-0.2, 0) is 16.0 Å². The molecule has 1 unspecified atom stereocenters. The Morgan fingerprint density at radius 3 is 2.53 bits per heavy atom. The van der Waals surface area contributed by atoms with Crippen LogP contribution in [0.2, 0.25) is 0 Å². The van der Waals surface area contributed by atoms with E-state index in [2.05, 4.69) is 0 Å². The number of aryl methyl sites for hydroxylation is 1. The van der Waals surface area contributed by atoms with Crippen LogP contribution in [0.15, 0.2) is 30.3 Å². The first kappa shape index (κ1) is 11.8. The maximum Gasteiger partial charge on any atom is 0.256 e. The number of hydrogen-bond acceptors (Lipinski definition) is 3. The van der Waals surface area contributed by atoms with Gasteiger partial charge in [0.05, 0.1) is 0 Å². The van der Waals surface area contributed by atoms with Gasteiger partial charge in [0.25, 0.3) is 11.8 Å². The van der Waals surface area contributed by atoms with Crippen LogP contribution in [0.1, 0.15) is 24.8 Å². The number of benzene rings is 1. The van der Waals surface area contributed by atoms with Crippen LogP contribution in [-0.4, -0.2) is 22.1 Å². The molecule has 0 aromatic heterocycles. The lowest BCUT2D eigenvalue weighted by atomic mass is 9.98. The molecule has 0 bridgehead atoms. The zero-order valence-electron chi connectivity index (χ0n) is 9.50. The number of hydroxylamine groups is 2. The lowest BCUT2D eigenvalue weighted by Gasteiger charge is -2.07. The maximum atomic E-state index is 11.4. The molecular formula is C13H15NO3. The first-order chi connectivity index (χ1) is 8.18. The minimum absolute atomic E-state index is 0.143. The monoisotopic (exact) mass is 233 g/mol. The SMILES string of the molecule is O=C1CC(CCCc2ccccc2)C(=O)N1O. The molecule has 2 amide bonds. The van der Waals surface area contributed by atoms with E-state index < -0.39 is 11.8 Å². The molecule has 1 saturated heterocycles. The van der Waals surface area contributed by atoms with Gasteiger partial charge >= 0.3 is 0 Å². The van der Waals surface area contributed by atoms with E-state index in [-0.39, 0.29) is 17.4 Å². The van der Waals surface area contributed by atoms with Crippen molar-refractivity contribution < 1.29 is 14.8 Å². The Morgan fingerprint density at radius 2 is 1.94 bits per heavy atom. The molecule has 0 saturated carbocycles. The molecule has 1 aliphatic heterocycles. The fraction of sp³-hybridized carbons (Fsp3) is 0.385. The van der Waals surface area contributed by atoms with E-state index in [0.717, 1.165) is 12.8 Å². The van der Waals surface area contributed by atoms with E-state index in [9.17, 15) is 9.59 Å². The zero-order chi connectivity index (χ0) is 12.3. The molecule has 4 nitrogen and oxygen atoms in total. The van der Waals surface area contributed by atoms with Gasteiger partial charge in [0.2, 0.25) is 0 Å². The smallest absolute Gasteiger partial charge is 0.256 e. The van der Waals surface area contributed by atoms with Crippen LogP contribution in [0.25, 0.3) is 0 Å². The fourth-order valence-corrected chi connectivity index (χ4v) is 2.10. The normalized spacial score (nSPS) is 20.1. The van der Waals surface area contributed by atoms with Gasteiger partial charge in [-0.05, 0) is 24.8 Å². The van der Waals surface area contributed by atoms with Crippen LogP contribution in [0.3, 0.4) is 0 Å². The van der Waals surface area contributed by atoms with Gasteiger partial charge in [-0.25, -0.2) is 0 Å². The standard InChI is InChI=1S/C13H15NO3/c15-12-9-11(13(16)14(12)17)8-4-7-10-5-2-1-3-6-10/h1-3,5-6,11,17H,4,7-9H2. The average Bonchev–Trinajstić information content (AvgIpc) is 2.59. The summed E-state index contributed by atoms with van der Waals surface area (Å²) in [5.74, 6) is -1.28. The number of rotatable bonds is 4. The number of imide groups is 1. The van der Waals surface area contributed by atoms with E-state index in [1.807, 2.05) is 30.3 Å². The lowest BCUT2D eigenvalue weighted by Crippen LogP contribution is -2.26. The van der Waals surface area contributed by atoms with Gasteiger partial charge < -0.3 is 0 Å². The molecule has 0 spiro atoms. The van der Waals surface area contributed by atoms with Gasteiger partial charge in [0, 0.05) is 12.3 Å².